The number of nitrogens with zero attached hydrogens (tertiary/aromatic N) is 2. The van der Waals surface area contributed by atoms with Gasteiger partial charge in [0.1, 0.15) is 5.82 Å². The Morgan fingerprint density at radius 2 is 2.10 bits per heavy atom. The number of fused-ring (bicyclic) bond motifs is 1. The molecule has 5 rings (SSSR count). The molecule has 5 nitrogen and oxygen atoms in total. The summed E-state index contributed by atoms with van der Waals surface area (Å²) >= 11 is 0. The van der Waals surface area contributed by atoms with Gasteiger partial charge in [-0.2, -0.15) is 0 Å². The van der Waals surface area contributed by atoms with Gasteiger partial charge < -0.3 is 15.0 Å². The minimum absolute atomic E-state index is 0.0522. The smallest absolute Gasteiger partial charge is 0.220 e. The van der Waals surface area contributed by atoms with Gasteiger partial charge in [-0.15, -0.1) is 0 Å². The van der Waals surface area contributed by atoms with Gasteiger partial charge in [-0.1, -0.05) is 30.3 Å². The summed E-state index contributed by atoms with van der Waals surface area (Å²) in [6, 6.07) is 14.5. The van der Waals surface area contributed by atoms with Crippen molar-refractivity contribution in [1.82, 2.24) is 10.3 Å². The number of pyridine rings is 1. The van der Waals surface area contributed by atoms with Crippen LogP contribution in [-0.2, 0) is 16.0 Å². The van der Waals surface area contributed by atoms with E-state index in [0.29, 0.717) is 24.4 Å². The number of benzene rings is 1. The van der Waals surface area contributed by atoms with Gasteiger partial charge in [0.15, 0.2) is 0 Å². The number of aryl methyl sites for hydroxylation is 3. The topological polar surface area (TPSA) is 54.5 Å². The second-order valence-electron chi connectivity index (χ2n) is 9.34. The van der Waals surface area contributed by atoms with Crippen molar-refractivity contribution in [3.05, 3.63) is 59.3 Å². The standard InChI is InChI=1S/C25H31N3O2/c1-17-12-18(2)27-23(13-17)28-15-21-20(22-10-11-25(21,16-28)30-22)14-26-24(29)9-8-19-6-4-3-5-7-19/h3-7,12-13,20-22H,8-11,14-16H2,1-2H3,(H,26,29)/t20-,21+,22+,25+/m0/s1. The number of rotatable bonds is 6. The van der Waals surface area contributed by atoms with Crippen molar-refractivity contribution < 1.29 is 9.53 Å². The molecule has 0 radical (unpaired) electrons. The van der Waals surface area contributed by atoms with Crippen LogP contribution in [0, 0.1) is 25.7 Å². The summed E-state index contributed by atoms with van der Waals surface area (Å²) in [5.74, 6) is 2.07. The highest BCUT2D eigenvalue weighted by molar-refractivity contribution is 5.76. The van der Waals surface area contributed by atoms with Crippen molar-refractivity contribution >= 4 is 11.7 Å². The molecule has 4 atom stereocenters. The van der Waals surface area contributed by atoms with Crippen LogP contribution >= 0.6 is 0 Å². The van der Waals surface area contributed by atoms with Gasteiger partial charge in [0.25, 0.3) is 0 Å². The molecule has 30 heavy (non-hydrogen) atoms. The minimum Gasteiger partial charge on any atom is -0.369 e. The number of ether oxygens (including phenoxy) is 1. The highest BCUT2D eigenvalue weighted by Gasteiger charge is 2.63. The second kappa shape index (κ2) is 7.69. The van der Waals surface area contributed by atoms with Gasteiger partial charge in [0, 0.05) is 43.6 Å². The Balaban J connectivity index is 1.21. The van der Waals surface area contributed by atoms with Crippen LogP contribution in [0.1, 0.15) is 36.1 Å². The molecule has 3 aliphatic rings. The first-order valence-electron chi connectivity index (χ1n) is 11.2. The maximum atomic E-state index is 12.5. The first-order valence-corrected chi connectivity index (χ1v) is 11.2. The number of hydrogen-bond donors (Lipinski definition) is 1. The summed E-state index contributed by atoms with van der Waals surface area (Å²) in [7, 11) is 0. The van der Waals surface area contributed by atoms with Gasteiger partial charge in [0.2, 0.25) is 5.91 Å². The molecule has 158 valence electrons. The Kier molecular flexibility index (Phi) is 5.02. The van der Waals surface area contributed by atoms with Crippen molar-refractivity contribution in [2.75, 3.05) is 24.5 Å². The molecule has 1 aromatic heterocycles. The van der Waals surface area contributed by atoms with E-state index in [4.69, 9.17) is 9.72 Å². The third-order valence-electron chi connectivity index (χ3n) is 7.21. The van der Waals surface area contributed by atoms with E-state index in [-0.39, 0.29) is 11.5 Å². The van der Waals surface area contributed by atoms with E-state index < -0.39 is 0 Å². The van der Waals surface area contributed by atoms with Crippen molar-refractivity contribution in [1.29, 1.82) is 0 Å². The molecule has 3 fully saturated rings. The summed E-state index contributed by atoms with van der Waals surface area (Å²) in [5, 5.41) is 3.21. The van der Waals surface area contributed by atoms with E-state index in [0.717, 1.165) is 50.4 Å². The third kappa shape index (κ3) is 3.60. The molecule has 0 aliphatic carbocycles. The van der Waals surface area contributed by atoms with Gasteiger partial charge in [0.05, 0.1) is 11.7 Å². The molecule has 3 saturated heterocycles. The van der Waals surface area contributed by atoms with Gasteiger partial charge in [-0.05, 0) is 56.4 Å². The molecule has 4 heterocycles. The fourth-order valence-corrected chi connectivity index (χ4v) is 5.84. The molecule has 2 aromatic rings. The number of carbonyl (C=O) groups excluding carboxylic acids is 1. The number of amides is 1. The molecule has 0 unspecified atom stereocenters. The van der Waals surface area contributed by atoms with E-state index in [2.05, 4.69) is 48.3 Å². The lowest BCUT2D eigenvalue weighted by molar-refractivity contribution is -0.121. The van der Waals surface area contributed by atoms with E-state index in [9.17, 15) is 4.79 Å². The molecule has 1 spiro atoms. The van der Waals surface area contributed by atoms with E-state index in [1.807, 2.05) is 18.2 Å². The lowest BCUT2D eigenvalue weighted by Crippen LogP contribution is -2.41. The summed E-state index contributed by atoms with van der Waals surface area (Å²) in [5.41, 5.74) is 3.47. The summed E-state index contributed by atoms with van der Waals surface area (Å²) in [4.78, 5) is 19.6. The van der Waals surface area contributed by atoms with Crippen molar-refractivity contribution in [2.24, 2.45) is 11.8 Å². The lowest BCUT2D eigenvalue weighted by Gasteiger charge is -2.29. The minimum atomic E-state index is -0.0522. The zero-order valence-electron chi connectivity index (χ0n) is 17.9. The van der Waals surface area contributed by atoms with Crippen molar-refractivity contribution in [3.8, 4) is 0 Å². The molecule has 0 saturated carbocycles. The first-order chi connectivity index (χ1) is 14.5. The average molecular weight is 406 g/mol. The SMILES string of the molecule is Cc1cc(C)nc(N2C[C@@H]3[C@H](CNC(=O)CCc4ccccc4)[C@H]4CC[C@]3(C2)O4)c1. The maximum absolute atomic E-state index is 12.5. The van der Waals surface area contributed by atoms with Crippen LogP contribution in [0.25, 0.3) is 0 Å². The predicted molar refractivity (Wildman–Crippen MR) is 118 cm³/mol. The Bertz CT molecular complexity index is 911. The van der Waals surface area contributed by atoms with Gasteiger partial charge >= 0.3 is 0 Å². The van der Waals surface area contributed by atoms with Crippen LogP contribution in [0.2, 0.25) is 0 Å². The predicted octanol–water partition coefficient (Wildman–Crippen LogP) is 3.43. The first kappa shape index (κ1) is 19.6. The van der Waals surface area contributed by atoms with Crippen LogP contribution in [0.4, 0.5) is 5.82 Å². The monoisotopic (exact) mass is 405 g/mol. The Morgan fingerprint density at radius 1 is 1.27 bits per heavy atom. The van der Waals surface area contributed by atoms with Crippen molar-refractivity contribution in [2.45, 2.75) is 51.2 Å². The van der Waals surface area contributed by atoms with Gasteiger partial charge in [-0.25, -0.2) is 4.98 Å². The molecular formula is C25H31N3O2. The maximum Gasteiger partial charge on any atom is 0.220 e. The molecule has 1 aromatic carbocycles. The average Bonchev–Trinajstić information content (AvgIpc) is 3.39. The molecule has 2 bridgehead atoms. The zero-order chi connectivity index (χ0) is 20.7. The zero-order valence-corrected chi connectivity index (χ0v) is 17.9. The Labute approximate surface area is 178 Å². The van der Waals surface area contributed by atoms with Crippen LogP contribution in [0.3, 0.4) is 0 Å². The van der Waals surface area contributed by atoms with Crippen LogP contribution in [0.5, 0.6) is 0 Å². The Hall–Kier alpha value is -2.40. The normalized spacial score (nSPS) is 29.3. The number of hydrogen-bond acceptors (Lipinski definition) is 4. The Morgan fingerprint density at radius 3 is 2.90 bits per heavy atom. The number of nitrogens with one attached hydrogen (secondary N) is 1. The highest BCUT2D eigenvalue weighted by Crippen LogP contribution is 2.55. The summed E-state index contributed by atoms with van der Waals surface area (Å²) < 4.78 is 6.55. The second-order valence-corrected chi connectivity index (χ2v) is 9.34. The quantitative estimate of drug-likeness (QED) is 0.800. The highest BCUT2D eigenvalue weighted by atomic mass is 16.5. The third-order valence-corrected chi connectivity index (χ3v) is 7.21. The molecular weight excluding hydrogens is 374 g/mol. The summed E-state index contributed by atoms with van der Waals surface area (Å²) in [6.45, 7) is 6.79. The molecule has 3 aliphatic heterocycles. The number of anilines is 1. The molecule has 5 heteroatoms. The van der Waals surface area contributed by atoms with E-state index in [1.54, 1.807) is 0 Å². The fraction of sp³-hybridized carbons (Fsp3) is 0.520. The lowest BCUT2D eigenvalue weighted by atomic mass is 9.73. The van der Waals surface area contributed by atoms with Crippen LogP contribution in [-0.4, -0.2) is 42.2 Å². The summed E-state index contributed by atoms with van der Waals surface area (Å²) in [6.07, 6.45) is 3.85. The largest absolute Gasteiger partial charge is 0.369 e. The molecule has 1 amide bonds. The van der Waals surface area contributed by atoms with Crippen molar-refractivity contribution in [3.63, 3.8) is 0 Å². The van der Waals surface area contributed by atoms with E-state index >= 15 is 0 Å². The number of carbonyl (C=O) groups is 1. The van der Waals surface area contributed by atoms with E-state index in [1.165, 1.54) is 11.1 Å². The fourth-order valence-electron chi connectivity index (χ4n) is 5.84. The van der Waals surface area contributed by atoms with Crippen LogP contribution < -0.4 is 10.2 Å². The number of aromatic nitrogens is 1. The van der Waals surface area contributed by atoms with Gasteiger partial charge in [-0.3, -0.25) is 4.79 Å². The van der Waals surface area contributed by atoms with Crippen LogP contribution in [0.15, 0.2) is 42.5 Å². The molecule has 1 N–H and O–H groups in total.